The zero-order chi connectivity index (χ0) is 19.9. The van der Waals surface area contributed by atoms with E-state index in [1.807, 2.05) is 86.5 Å². The van der Waals surface area contributed by atoms with E-state index in [2.05, 4.69) is 9.97 Å². The molecule has 6 nitrogen and oxygen atoms in total. The van der Waals surface area contributed by atoms with Crippen LogP contribution in [0.3, 0.4) is 0 Å². The second-order valence-corrected chi connectivity index (χ2v) is 7.21. The van der Waals surface area contributed by atoms with Crippen molar-refractivity contribution in [2.75, 3.05) is 38.0 Å². The van der Waals surface area contributed by atoms with Crippen LogP contribution in [0.4, 0.5) is 11.4 Å². The van der Waals surface area contributed by atoms with E-state index in [4.69, 9.17) is 4.74 Å². The minimum absolute atomic E-state index is 0.260. The van der Waals surface area contributed by atoms with Crippen molar-refractivity contribution in [3.05, 3.63) is 83.4 Å². The maximum absolute atomic E-state index is 12.6. The van der Waals surface area contributed by atoms with Gasteiger partial charge in [-0.1, -0.05) is 24.3 Å². The molecule has 0 spiro atoms. The Balaban J connectivity index is 1.94. The van der Waals surface area contributed by atoms with Crippen molar-refractivity contribution < 1.29 is 9.53 Å². The topological polar surface area (TPSA) is 58.6 Å². The van der Waals surface area contributed by atoms with Crippen molar-refractivity contribution in [1.29, 1.82) is 0 Å². The fraction of sp³-hybridized carbons (Fsp3) is 0.227. The number of fused-ring (bicyclic) bond motifs is 1. The van der Waals surface area contributed by atoms with E-state index in [0.717, 1.165) is 22.5 Å². The lowest BCUT2D eigenvalue weighted by molar-refractivity contribution is 0.0241. The molecule has 0 saturated heterocycles. The lowest BCUT2D eigenvalue weighted by atomic mass is 9.83. The molecule has 2 heterocycles. The SMILES string of the molecule is CN(C)c1ccc(C2(c3ccc(N(C)C)cc3)OC(=O)c3nccnc32)cc1. The molecule has 0 aliphatic carbocycles. The van der Waals surface area contributed by atoms with Crippen LogP contribution in [0.1, 0.15) is 27.3 Å². The van der Waals surface area contributed by atoms with Gasteiger partial charge in [-0.3, -0.25) is 4.98 Å². The van der Waals surface area contributed by atoms with E-state index in [0.29, 0.717) is 5.69 Å². The second-order valence-electron chi connectivity index (χ2n) is 7.21. The van der Waals surface area contributed by atoms with Gasteiger partial charge in [-0.15, -0.1) is 0 Å². The van der Waals surface area contributed by atoms with Crippen LogP contribution in [0.15, 0.2) is 60.9 Å². The summed E-state index contributed by atoms with van der Waals surface area (Å²) in [4.78, 5) is 25.4. The number of anilines is 2. The van der Waals surface area contributed by atoms with Crippen LogP contribution in [0, 0.1) is 0 Å². The smallest absolute Gasteiger partial charge is 0.360 e. The van der Waals surface area contributed by atoms with E-state index >= 15 is 0 Å². The third-order valence-electron chi connectivity index (χ3n) is 5.05. The van der Waals surface area contributed by atoms with Crippen molar-refractivity contribution in [3.8, 4) is 0 Å². The van der Waals surface area contributed by atoms with Gasteiger partial charge < -0.3 is 14.5 Å². The number of carbonyl (C=O) groups is 1. The standard InChI is InChI=1S/C22H22N4O2/c1-25(2)17-9-5-15(6-10-17)22(16-7-11-18(12-8-16)26(3)4)20-19(21(27)28-22)23-13-14-24-20/h5-14H,1-4H3. The van der Waals surface area contributed by atoms with E-state index in [1.54, 1.807) is 6.20 Å². The molecular weight excluding hydrogens is 352 g/mol. The number of esters is 1. The van der Waals surface area contributed by atoms with E-state index < -0.39 is 11.6 Å². The average Bonchev–Trinajstić information content (AvgIpc) is 3.02. The molecule has 0 unspecified atom stereocenters. The molecule has 4 rings (SSSR count). The van der Waals surface area contributed by atoms with Crippen LogP contribution in [0.25, 0.3) is 0 Å². The summed E-state index contributed by atoms with van der Waals surface area (Å²) in [6, 6.07) is 15.9. The minimum Gasteiger partial charge on any atom is -0.438 e. The number of carbonyl (C=O) groups excluding carboxylic acids is 1. The summed E-state index contributed by atoms with van der Waals surface area (Å²) in [6.45, 7) is 0. The number of cyclic esters (lactones) is 1. The molecule has 0 radical (unpaired) electrons. The van der Waals surface area contributed by atoms with Crippen LogP contribution in [0.5, 0.6) is 0 Å². The largest absolute Gasteiger partial charge is 0.438 e. The van der Waals surface area contributed by atoms with Gasteiger partial charge in [-0.25, -0.2) is 9.78 Å². The number of benzene rings is 2. The third-order valence-corrected chi connectivity index (χ3v) is 5.05. The van der Waals surface area contributed by atoms with Gasteiger partial charge in [0.25, 0.3) is 0 Å². The maximum atomic E-state index is 12.6. The Labute approximate surface area is 164 Å². The molecule has 0 saturated carbocycles. The van der Waals surface area contributed by atoms with Gasteiger partial charge in [-0.05, 0) is 24.3 Å². The third kappa shape index (κ3) is 2.69. The average molecular weight is 374 g/mol. The summed E-state index contributed by atoms with van der Waals surface area (Å²) in [7, 11) is 7.95. The highest BCUT2D eigenvalue weighted by molar-refractivity contribution is 5.93. The van der Waals surface area contributed by atoms with Crippen molar-refractivity contribution in [2.24, 2.45) is 0 Å². The van der Waals surface area contributed by atoms with Gasteiger partial charge in [0, 0.05) is 63.1 Å². The molecule has 6 heteroatoms. The quantitative estimate of drug-likeness (QED) is 0.654. The Morgan fingerprint density at radius 1 is 0.750 bits per heavy atom. The number of hydrogen-bond donors (Lipinski definition) is 0. The predicted octanol–water partition coefficient (Wildman–Crippen LogP) is 3.07. The van der Waals surface area contributed by atoms with Gasteiger partial charge in [-0.2, -0.15) is 0 Å². The first-order valence-corrected chi connectivity index (χ1v) is 9.04. The number of aromatic nitrogens is 2. The van der Waals surface area contributed by atoms with Gasteiger partial charge in [0.1, 0.15) is 5.69 Å². The van der Waals surface area contributed by atoms with E-state index in [-0.39, 0.29) is 5.69 Å². The Hall–Kier alpha value is -3.41. The Morgan fingerprint density at radius 2 is 1.21 bits per heavy atom. The minimum atomic E-state index is -1.11. The number of hydrogen-bond acceptors (Lipinski definition) is 6. The molecule has 0 fully saturated rings. The summed E-state index contributed by atoms with van der Waals surface area (Å²) in [6.07, 6.45) is 3.11. The number of nitrogens with zero attached hydrogens (tertiary/aromatic N) is 4. The molecule has 28 heavy (non-hydrogen) atoms. The van der Waals surface area contributed by atoms with Crippen LogP contribution >= 0.6 is 0 Å². The molecule has 1 aliphatic rings. The first-order chi connectivity index (χ1) is 13.4. The molecule has 3 aromatic rings. The second kappa shape index (κ2) is 6.64. The predicted molar refractivity (Wildman–Crippen MR) is 109 cm³/mol. The zero-order valence-corrected chi connectivity index (χ0v) is 16.4. The fourth-order valence-electron chi connectivity index (χ4n) is 3.53. The molecule has 0 bridgehead atoms. The van der Waals surface area contributed by atoms with Gasteiger partial charge in [0.15, 0.2) is 5.69 Å². The molecule has 0 N–H and O–H groups in total. The molecule has 142 valence electrons. The normalized spacial score (nSPS) is 14.4. The Bertz CT molecular complexity index is 960. The molecular formula is C22H22N4O2. The summed E-state index contributed by atoms with van der Waals surface area (Å²) < 4.78 is 6.00. The monoisotopic (exact) mass is 374 g/mol. The summed E-state index contributed by atoms with van der Waals surface area (Å²) >= 11 is 0. The number of rotatable bonds is 4. The van der Waals surface area contributed by atoms with E-state index in [1.165, 1.54) is 6.20 Å². The highest BCUT2D eigenvalue weighted by Crippen LogP contribution is 2.45. The molecule has 0 amide bonds. The fourth-order valence-corrected chi connectivity index (χ4v) is 3.53. The van der Waals surface area contributed by atoms with Crippen LogP contribution in [-0.2, 0) is 10.3 Å². The van der Waals surface area contributed by atoms with Crippen LogP contribution in [0.2, 0.25) is 0 Å². The Kier molecular flexibility index (Phi) is 4.26. The molecule has 1 aliphatic heterocycles. The van der Waals surface area contributed by atoms with Gasteiger partial charge in [0.2, 0.25) is 5.60 Å². The van der Waals surface area contributed by atoms with Gasteiger partial charge in [0.05, 0.1) is 0 Å². The van der Waals surface area contributed by atoms with Crippen molar-refractivity contribution in [1.82, 2.24) is 9.97 Å². The molecule has 1 aromatic heterocycles. The highest BCUT2D eigenvalue weighted by Gasteiger charge is 2.51. The lowest BCUT2D eigenvalue weighted by Crippen LogP contribution is -2.30. The summed E-state index contributed by atoms with van der Waals surface area (Å²) in [5.74, 6) is -0.462. The van der Waals surface area contributed by atoms with Crippen molar-refractivity contribution in [2.45, 2.75) is 5.60 Å². The molecule has 0 atom stereocenters. The Morgan fingerprint density at radius 3 is 1.68 bits per heavy atom. The van der Waals surface area contributed by atoms with Crippen molar-refractivity contribution >= 4 is 17.3 Å². The van der Waals surface area contributed by atoms with Crippen LogP contribution in [-0.4, -0.2) is 44.1 Å². The van der Waals surface area contributed by atoms with Crippen molar-refractivity contribution in [3.63, 3.8) is 0 Å². The highest BCUT2D eigenvalue weighted by atomic mass is 16.6. The summed E-state index contributed by atoms with van der Waals surface area (Å²) in [5.41, 5.74) is 3.46. The zero-order valence-electron chi connectivity index (χ0n) is 16.4. The molecule has 2 aromatic carbocycles. The summed E-state index contributed by atoms with van der Waals surface area (Å²) in [5, 5.41) is 0. The number of ether oxygens (including phenoxy) is 1. The first-order valence-electron chi connectivity index (χ1n) is 9.04. The van der Waals surface area contributed by atoms with E-state index in [9.17, 15) is 4.79 Å². The maximum Gasteiger partial charge on any atom is 0.360 e. The first kappa shape index (κ1) is 18.0. The lowest BCUT2D eigenvalue weighted by Gasteiger charge is -2.30. The van der Waals surface area contributed by atoms with Gasteiger partial charge >= 0.3 is 5.97 Å². The van der Waals surface area contributed by atoms with Crippen LogP contribution < -0.4 is 9.80 Å².